The van der Waals surface area contributed by atoms with Gasteiger partial charge in [0.2, 0.25) is 0 Å². The predicted molar refractivity (Wildman–Crippen MR) is 52.0 cm³/mol. The van der Waals surface area contributed by atoms with Crippen molar-refractivity contribution in [3.8, 4) is 0 Å². The number of rotatable bonds is 3. The number of carbonyl (C=O) groups is 2. The smallest absolute Gasteiger partial charge is 0.419 e. The molecule has 0 bridgehead atoms. The van der Waals surface area contributed by atoms with Crippen LogP contribution in [-0.4, -0.2) is 39.9 Å². The van der Waals surface area contributed by atoms with Crippen LogP contribution >= 0.6 is 0 Å². The van der Waals surface area contributed by atoms with E-state index in [1.165, 1.54) is 0 Å². The topological polar surface area (TPSA) is 89.9 Å². The van der Waals surface area contributed by atoms with E-state index < -0.39 is 6.09 Å². The minimum absolute atomic E-state index is 0.186. The average molecular weight is 206 g/mol. The zero-order chi connectivity index (χ0) is 11.7. The van der Waals surface area contributed by atoms with Crippen molar-refractivity contribution in [1.82, 2.24) is 10.4 Å². The van der Waals surface area contributed by atoms with Gasteiger partial charge in [-0.2, -0.15) is 0 Å². The molecule has 0 radical (unpaired) electrons. The van der Waals surface area contributed by atoms with Crippen molar-refractivity contribution in [3.05, 3.63) is 0 Å². The van der Waals surface area contributed by atoms with Gasteiger partial charge in [0.15, 0.2) is 0 Å². The largest absolute Gasteiger partial charge is 0.483 e. The fraction of sp³-hybridized carbons (Fsp3) is 0.750. The van der Waals surface area contributed by atoms with Gasteiger partial charge in [0.05, 0.1) is 0 Å². The molecule has 0 saturated heterocycles. The Labute approximate surface area is 83.5 Å². The highest BCUT2D eigenvalue weighted by Gasteiger charge is 2.14. The lowest BCUT2D eigenvalue weighted by Gasteiger charge is -2.29. The minimum Gasteiger partial charge on any atom is -0.483 e. The summed E-state index contributed by atoms with van der Waals surface area (Å²) in [7, 11) is 0. The third-order valence-electron chi connectivity index (χ3n) is 1.34. The summed E-state index contributed by atoms with van der Waals surface area (Å²) >= 11 is 0. The number of hydrogen-bond acceptors (Lipinski definition) is 3. The van der Waals surface area contributed by atoms with Crippen molar-refractivity contribution in [2.75, 3.05) is 0 Å². The maximum atomic E-state index is 10.3. The van der Waals surface area contributed by atoms with E-state index in [4.69, 9.17) is 15.0 Å². The van der Waals surface area contributed by atoms with Gasteiger partial charge in [-0.3, -0.25) is 10.2 Å². The van der Waals surface area contributed by atoms with Crippen LogP contribution in [0.15, 0.2) is 0 Å². The quantitative estimate of drug-likeness (QED) is 0.473. The molecule has 1 amide bonds. The molecule has 6 nitrogen and oxygen atoms in total. The maximum absolute atomic E-state index is 10.3. The first-order valence-electron chi connectivity index (χ1n) is 4.22. The Balaban J connectivity index is 0. The minimum atomic E-state index is -1.01. The average Bonchev–Trinajstić information content (AvgIpc) is 2.00. The molecule has 0 atom stereocenters. The van der Waals surface area contributed by atoms with E-state index >= 15 is 0 Å². The summed E-state index contributed by atoms with van der Waals surface area (Å²) in [6.07, 6.45) is -1.01. The van der Waals surface area contributed by atoms with Gasteiger partial charge in [-0.05, 0) is 27.7 Å². The lowest BCUT2D eigenvalue weighted by atomic mass is 10.3. The van der Waals surface area contributed by atoms with Crippen LogP contribution in [0.1, 0.15) is 27.7 Å². The van der Waals surface area contributed by atoms with Gasteiger partial charge in [-0.25, -0.2) is 9.80 Å². The van der Waals surface area contributed by atoms with Gasteiger partial charge in [-0.15, -0.1) is 0 Å². The normalized spacial score (nSPS) is 9.64. The molecule has 0 aromatic heterocycles. The summed E-state index contributed by atoms with van der Waals surface area (Å²) in [6, 6.07) is 0.372. The van der Waals surface area contributed by atoms with Gasteiger partial charge in [-0.1, -0.05) is 0 Å². The van der Waals surface area contributed by atoms with Crippen LogP contribution in [-0.2, 0) is 4.79 Å². The summed E-state index contributed by atoms with van der Waals surface area (Å²) in [5.41, 5.74) is 2.33. The molecule has 0 aliphatic carbocycles. The molecule has 0 aliphatic heterocycles. The Morgan fingerprint density at radius 1 is 1.29 bits per heavy atom. The van der Waals surface area contributed by atoms with Gasteiger partial charge < -0.3 is 10.2 Å². The Bertz CT molecular complexity index is 163. The molecule has 6 heteroatoms. The summed E-state index contributed by atoms with van der Waals surface area (Å²) in [4.78, 5) is 18.6. The maximum Gasteiger partial charge on any atom is 0.419 e. The van der Waals surface area contributed by atoms with Crippen molar-refractivity contribution >= 4 is 12.6 Å². The van der Waals surface area contributed by atoms with E-state index in [9.17, 15) is 4.79 Å². The number of amides is 1. The van der Waals surface area contributed by atoms with Crippen LogP contribution in [0.25, 0.3) is 0 Å². The molecule has 0 unspecified atom stereocenters. The zero-order valence-electron chi connectivity index (χ0n) is 8.89. The first kappa shape index (κ1) is 15.2. The molecule has 0 spiro atoms. The molecular weight excluding hydrogens is 188 g/mol. The Morgan fingerprint density at radius 3 is 1.64 bits per heavy atom. The highest BCUT2D eigenvalue weighted by Crippen LogP contribution is 1.99. The predicted octanol–water partition coefficient (Wildman–Crippen LogP) is 0.989. The number of carboxylic acid groups (broad SMARTS) is 2. The highest BCUT2D eigenvalue weighted by atomic mass is 16.4. The molecule has 3 N–H and O–H groups in total. The van der Waals surface area contributed by atoms with Crippen molar-refractivity contribution < 1.29 is 19.8 Å². The number of nitrogens with zero attached hydrogens (tertiary/aromatic N) is 1. The van der Waals surface area contributed by atoms with Crippen LogP contribution in [0.4, 0.5) is 4.79 Å². The molecule has 0 saturated carbocycles. The first-order chi connectivity index (χ1) is 6.36. The third kappa shape index (κ3) is 8.79. The van der Waals surface area contributed by atoms with Crippen molar-refractivity contribution in [3.63, 3.8) is 0 Å². The molecule has 0 fully saturated rings. The van der Waals surface area contributed by atoms with Crippen molar-refractivity contribution in [2.45, 2.75) is 39.8 Å². The Hall–Kier alpha value is -1.30. The fourth-order valence-electron chi connectivity index (χ4n) is 0.965. The van der Waals surface area contributed by atoms with Crippen molar-refractivity contribution in [1.29, 1.82) is 0 Å². The van der Waals surface area contributed by atoms with E-state index in [2.05, 4.69) is 5.43 Å². The second-order valence-electron chi connectivity index (χ2n) is 3.12. The summed E-state index contributed by atoms with van der Waals surface area (Å²) in [6.45, 7) is 7.51. The monoisotopic (exact) mass is 206 g/mol. The molecule has 84 valence electrons. The lowest BCUT2D eigenvalue weighted by Crippen LogP contribution is -2.49. The van der Waals surface area contributed by atoms with Crippen LogP contribution < -0.4 is 5.43 Å². The fourth-order valence-corrected chi connectivity index (χ4v) is 0.965. The number of hydrogen-bond donors (Lipinski definition) is 3. The molecule has 0 rings (SSSR count). The van der Waals surface area contributed by atoms with E-state index in [0.29, 0.717) is 0 Å². The number of hydrazine groups is 1. The summed E-state index contributed by atoms with van der Waals surface area (Å²) in [5, 5.41) is 17.0. The van der Waals surface area contributed by atoms with E-state index in [-0.39, 0.29) is 18.6 Å². The SMILES string of the molecule is CC(C)N(NC(=O)O)C(C)C.O=CO. The molecule has 0 heterocycles. The van der Waals surface area contributed by atoms with Gasteiger partial charge in [0, 0.05) is 12.1 Å². The zero-order valence-corrected chi connectivity index (χ0v) is 8.89. The second kappa shape index (κ2) is 8.31. The highest BCUT2D eigenvalue weighted by molar-refractivity contribution is 5.63. The first-order valence-corrected chi connectivity index (χ1v) is 4.22. The molecule has 0 aliphatic rings. The lowest BCUT2D eigenvalue weighted by molar-refractivity contribution is -0.122. The summed E-state index contributed by atoms with van der Waals surface area (Å²) < 4.78 is 0. The molecule has 14 heavy (non-hydrogen) atoms. The van der Waals surface area contributed by atoms with Crippen molar-refractivity contribution in [2.24, 2.45) is 0 Å². The van der Waals surface area contributed by atoms with Gasteiger partial charge in [0.1, 0.15) is 0 Å². The number of nitrogens with one attached hydrogen (secondary N) is 1. The standard InChI is InChI=1S/C7H16N2O2.CH2O2/c1-5(2)9(6(3)4)8-7(10)11;2-1-3/h5-6,8H,1-4H3,(H,10,11);1H,(H,2,3). The molecule has 0 aromatic carbocycles. The third-order valence-corrected chi connectivity index (χ3v) is 1.34. The molecule has 0 aromatic rings. The summed E-state index contributed by atoms with van der Waals surface area (Å²) in [5.74, 6) is 0. The van der Waals surface area contributed by atoms with E-state index in [1.807, 2.05) is 27.7 Å². The van der Waals surface area contributed by atoms with E-state index in [1.54, 1.807) is 5.01 Å². The van der Waals surface area contributed by atoms with Crippen LogP contribution in [0.3, 0.4) is 0 Å². The van der Waals surface area contributed by atoms with Crippen LogP contribution in [0.2, 0.25) is 0 Å². The van der Waals surface area contributed by atoms with Crippen LogP contribution in [0, 0.1) is 0 Å². The second-order valence-corrected chi connectivity index (χ2v) is 3.12. The van der Waals surface area contributed by atoms with Crippen LogP contribution in [0.5, 0.6) is 0 Å². The van der Waals surface area contributed by atoms with Gasteiger partial charge >= 0.3 is 6.09 Å². The Kier molecular flexibility index (Phi) is 9.01. The Morgan fingerprint density at radius 2 is 1.57 bits per heavy atom. The van der Waals surface area contributed by atoms with E-state index in [0.717, 1.165) is 0 Å². The molecular formula is C8H18N2O4. The van der Waals surface area contributed by atoms with Gasteiger partial charge in [0.25, 0.3) is 6.47 Å².